The Morgan fingerprint density at radius 1 is 1.29 bits per heavy atom. The summed E-state index contributed by atoms with van der Waals surface area (Å²) in [5.74, 6) is -0.658. The van der Waals surface area contributed by atoms with Crippen LogP contribution in [-0.2, 0) is 7.05 Å². The lowest BCUT2D eigenvalue weighted by Gasteiger charge is -2.33. The first-order chi connectivity index (χ1) is 16.2. The van der Waals surface area contributed by atoms with E-state index in [4.69, 9.17) is 11.6 Å². The smallest absolute Gasteiger partial charge is 0.251 e. The molecule has 0 saturated heterocycles. The molecule has 1 aromatic carbocycles. The molecule has 1 amide bonds. The first kappa shape index (κ1) is 22.6. The lowest BCUT2D eigenvalue weighted by Crippen LogP contribution is -2.42. The summed E-state index contributed by atoms with van der Waals surface area (Å²) < 4.78 is 18.3. The van der Waals surface area contributed by atoms with Crippen molar-refractivity contribution in [3.8, 4) is 22.4 Å². The van der Waals surface area contributed by atoms with E-state index in [0.717, 1.165) is 18.4 Å². The largest absolute Gasteiger partial charge is 0.390 e. The van der Waals surface area contributed by atoms with Crippen LogP contribution in [-0.4, -0.2) is 41.8 Å². The van der Waals surface area contributed by atoms with Crippen LogP contribution in [0.1, 0.15) is 43.0 Å². The maximum Gasteiger partial charge on any atom is 0.251 e. The van der Waals surface area contributed by atoms with E-state index in [1.165, 1.54) is 6.07 Å². The van der Waals surface area contributed by atoms with Crippen molar-refractivity contribution in [2.75, 3.05) is 0 Å². The highest BCUT2D eigenvalue weighted by Crippen LogP contribution is 2.38. The molecule has 5 rings (SSSR count). The number of amides is 1. The average molecular weight is 482 g/mol. The molecule has 0 atom stereocenters. The topological polar surface area (TPSA) is 84.5 Å². The second-order valence-corrected chi connectivity index (χ2v) is 9.56. The summed E-state index contributed by atoms with van der Waals surface area (Å²) in [6.07, 6.45) is 7.88. The zero-order valence-corrected chi connectivity index (χ0v) is 19.7. The van der Waals surface area contributed by atoms with E-state index in [9.17, 15) is 9.90 Å². The number of benzene rings is 1. The van der Waals surface area contributed by atoms with Gasteiger partial charge in [-0.15, -0.1) is 0 Å². The molecule has 1 aliphatic carbocycles. The van der Waals surface area contributed by atoms with E-state index in [0.29, 0.717) is 35.3 Å². The van der Waals surface area contributed by atoms with Gasteiger partial charge in [0.25, 0.3) is 5.91 Å². The van der Waals surface area contributed by atoms with Gasteiger partial charge in [0.1, 0.15) is 22.3 Å². The van der Waals surface area contributed by atoms with E-state index in [2.05, 4.69) is 15.4 Å². The lowest BCUT2D eigenvalue weighted by molar-refractivity contribution is 0.0140. The number of carbonyl (C=O) groups is 1. The number of imidazole rings is 1. The third kappa shape index (κ3) is 4.19. The monoisotopic (exact) mass is 481 g/mol. The number of aryl methyl sites for hydroxylation is 1. The van der Waals surface area contributed by atoms with Crippen molar-refractivity contribution in [1.29, 1.82) is 0 Å². The van der Waals surface area contributed by atoms with Gasteiger partial charge >= 0.3 is 0 Å². The number of aromatic nitrogens is 4. The molecule has 34 heavy (non-hydrogen) atoms. The number of fused-ring (bicyclic) bond motifs is 1. The highest BCUT2D eigenvalue weighted by molar-refractivity contribution is 6.32. The maximum atomic E-state index is 15.0. The fourth-order valence-corrected chi connectivity index (χ4v) is 4.81. The number of nitrogens with zero attached hydrogens (tertiary/aromatic N) is 4. The van der Waals surface area contributed by atoms with Crippen molar-refractivity contribution >= 4 is 23.2 Å². The molecule has 9 heteroatoms. The standard InChI is InChI=1S/C25H25ClFN5O2/c1-25(34)9-6-17(7-10-25)29-24(33)15-8-11-32-20(12-15)30-22(23(32)26)21-18(4-3-5-19(21)27)16-13-28-31(2)14-16/h3-5,8,11-14,17,34H,6-7,9-10H2,1-2H3,(H,29,33). The number of halogens is 2. The predicted molar refractivity (Wildman–Crippen MR) is 128 cm³/mol. The van der Waals surface area contributed by atoms with Gasteiger partial charge in [0, 0.05) is 42.2 Å². The Labute approximate surface area is 201 Å². The van der Waals surface area contributed by atoms with Gasteiger partial charge in [0.15, 0.2) is 0 Å². The first-order valence-corrected chi connectivity index (χ1v) is 11.6. The number of hydrogen-bond donors (Lipinski definition) is 2. The molecule has 0 spiro atoms. The summed E-state index contributed by atoms with van der Waals surface area (Å²) >= 11 is 6.63. The second kappa shape index (κ2) is 8.52. The van der Waals surface area contributed by atoms with Crippen LogP contribution in [0, 0.1) is 5.82 Å². The Hall–Kier alpha value is -3.23. The fourth-order valence-electron chi connectivity index (χ4n) is 4.53. The molecule has 4 aromatic rings. The van der Waals surface area contributed by atoms with Crippen molar-refractivity contribution in [3.63, 3.8) is 0 Å². The Kier molecular flexibility index (Phi) is 5.65. The summed E-state index contributed by atoms with van der Waals surface area (Å²) in [7, 11) is 1.79. The Balaban J connectivity index is 1.48. The molecule has 0 unspecified atom stereocenters. The summed E-state index contributed by atoms with van der Waals surface area (Å²) in [6, 6.07) is 8.14. The molecule has 1 aliphatic rings. The van der Waals surface area contributed by atoms with Gasteiger partial charge in [0.05, 0.1) is 11.8 Å². The van der Waals surface area contributed by atoms with E-state index >= 15 is 4.39 Å². The third-order valence-corrected chi connectivity index (χ3v) is 6.86. The molecule has 1 fully saturated rings. The van der Waals surface area contributed by atoms with Crippen LogP contribution in [0.25, 0.3) is 28.0 Å². The summed E-state index contributed by atoms with van der Waals surface area (Å²) in [4.78, 5) is 17.5. The highest BCUT2D eigenvalue weighted by Gasteiger charge is 2.29. The molecule has 7 nitrogen and oxygen atoms in total. The first-order valence-electron chi connectivity index (χ1n) is 11.2. The normalized spacial score (nSPS) is 20.6. The number of rotatable bonds is 4. The van der Waals surface area contributed by atoms with Gasteiger partial charge in [-0.1, -0.05) is 23.7 Å². The minimum Gasteiger partial charge on any atom is -0.390 e. The maximum absolute atomic E-state index is 15.0. The van der Waals surface area contributed by atoms with Crippen LogP contribution >= 0.6 is 11.6 Å². The van der Waals surface area contributed by atoms with Crippen molar-refractivity contribution in [2.45, 2.75) is 44.2 Å². The number of nitrogens with one attached hydrogen (secondary N) is 1. The molecular weight excluding hydrogens is 457 g/mol. The molecular formula is C25H25ClFN5O2. The van der Waals surface area contributed by atoms with Crippen LogP contribution in [0.5, 0.6) is 0 Å². The van der Waals surface area contributed by atoms with Gasteiger partial charge in [-0.2, -0.15) is 5.10 Å². The quantitative estimate of drug-likeness (QED) is 0.445. The minimum atomic E-state index is -0.662. The minimum absolute atomic E-state index is 0.0169. The Bertz CT molecular complexity index is 1380. The summed E-state index contributed by atoms with van der Waals surface area (Å²) in [5, 5.41) is 17.6. The third-order valence-electron chi connectivity index (χ3n) is 6.49. The summed E-state index contributed by atoms with van der Waals surface area (Å²) in [5.41, 5.74) is 2.18. The molecule has 2 N–H and O–H groups in total. The van der Waals surface area contributed by atoms with Crippen molar-refractivity contribution in [3.05, 3.63) is 65.5 Å². The SMILES string of the molecule is Cn1cc(-c2cccc(F)c2-c2nc3cc(C(=O)NC4CCC(C)(O)CC4)ccn3c2Cl)cn1. The van der Waals surface area contributed by atoms with E-state index in [1.807, 2.05) is 6.92 Å². The van der Waals surface area contributed by atoms with E-state index in [1.54, 1.807) is 59.0 Å². The molecule has 0 bridgehead atoms. The number of pyridine rings is 1. The number of hydrogen-bond acceptors (Lipinski definition) is 4. The zero-order chi connectivity index (χ0) is 24.0. The van der Waals surface area contributed by atoms with Crippen LogP contribution in [0.4, 0.5) is 4.39 Å². The van der Waals surface area contributed by atoms with E-state index in [-0.39, 0.29) is 22.7 Å². The fraction of sp³-hybridized carbons (Fsp3) is 0.320. The summed E-state index contributed by atoms with van der Waals surface area (Å²) in [6.45, 7) is 1.83. The van der Waals surface area contributed by atoms with Gasteiger partial charge in [-0.25, -0.2) is 9.37 Å². The van der Waals surface area contributed by atoms with Crippen LogP contribution in [0.3, 0.4) is 0 Å². The van der Waals surface area contributed by atoms with Crippen LogP contribution in [0.15, 0.2) is 48.9 Å². The lowest BCUT2D eigenvalue weighted by atomic mass is 9.83. The van der Waals surface area contributed by atoms with Gasteiger partial charge < -0.3 is 10.4 Å². The Morgan fingerprint density at radius 3 is 2.76 bits per heavy atom. The van der Waals surface area contributed by atoms with Gasteiger partial charge in [-0.3, -0.25) is 13.9 Å². The molecule has 1 saturated carbocycles. The highest BCUT2D eigenvalue weighted by atomic mass is 35.5. The van der Waals surface area contributed by atoms with Gasteiger partial charge in [-0.05, 0) is 56.4 Å². The molecule has 0 aliphatic heterocycles. The number of aliphatic hydroxyl groups is 1. The van der Waals surface area contributed by atoms with Crippen molar-refractivity contribution < 1.29 is 14.3 Å². The molecule has 3 heterocycles. The zero-order valence-electron chi connectivity index (χ0n) is 18.9. The van der Waals surface area contributed by atoms with Crippen molar-refractivity contribution in [1.82, 2.24) is 24.5 Å². The van der Waals surface area contributed by atoms with Crippen molar-refractivity contribution in [2.24, 2.45) is 7.05 Å². The van der Waals surface area contributed by atoms with Gasteiger partial charge in [0.2, 0.25) is 0 Å². The molecule has 0 radical (unpaired) electrons. The predicted octanol–water partition coefficient (Wildman–Crippen LogP) is 4.62. The van der Waals surface area contributed by atoms with Crippen LogP contribution < -0.4 is 5.32 Å². The second-order valence-electron chi connectivity index (χ2n) is 9.20. The molecule has 3 aromatic heterocycles. The molecule has 176 valence electrons. The average Bonchev–Trinajstić information content (AvgIpc) is 3.38. The van der Waals surface area contributed by atoms with Crippen LogP contribution in [0.2, 0.25) is 5.15 Å². The Morgan fingerprint density at radius 2 is 2.06 bits per heavy atom. The number of carbonyl (C=O) groups excluding carboxylic acids is 1. The van der Waals surface area contributed by atoms with E-state index < -0.39 is 11.4 Å².